The van der Waals surface area contributed by atoms with Crippen LogP contribution in [-0.4, -0.2) is 16.7 Å². The third-order valence-corrected chi connectivity index (χ3v) is 7.38. The lowest BCUT2D eigenvalue weighted by Gasteiger charge is -2.26. The summed E-state index contributed by atoms with van der Waals surface area (Å²) in [5.74, 6) is -0.410. The molecule has 1 fully saturated rings. The molecule has 2 aliphatic rings. The van der Waals surface area contributed by atoms with Crippen molar-refractivity contribution < 1.29 is 27.5 Å². The molecular formula is C24H23ClF3NO3S. The van der Waals surface area contributed by atoms with E-state index in [0.717, 1.165) is 12.5 Å². The minimum Gasteiger partial charge on any atom is -0.430 e. The Hall–Kier alpha value is -2.19. The minimum absolute atomic E-state index is 0.0501. The van der Waals surface area contributed by atoms with E-state index in [1.807, 2.05) is 0 Å². The number of rotatable bonds is 3. The number of hydrogen-bond donors (Lipinski definition) is 0. The normalized spacial score (nSPS) is 21.0. The van der Waals surface area contributed by atoms with Gasteiger partial charge in [-0.15, -0.1) is 11.3 Å². The molecule has 0 spiro atoms. The van der Waals surface area contributed by atoms with Crippen molar-refractivity contribution >= 4 is 40.3 Å². The molecule has 2 bridgehead atoms. The molecule has 4 nitrogen and oxygen atoms in total. The summed E-state index contributed by atoms with van der Waals surface area (Å²) in [6.45, 7) is 6.98. The second-order valence-corrected chi connectivity index (χ2v) is 11.2. The van der Waals surface area contributed by atoms with Crippen molar-refractivity contribution in [3.63, 3.8) is 0 Å². The third kappa shape index (κ3) is 4.47. The Bertz CT molecular complexity index is 1180. The molecule has 0 saturated heterocycles. The fraction of sp³-hybridized carbons (Fsp3) is 0.458. The monoisotopic (exact) mass is 497 g/mol. The summed E-state index contributed by atoms with van der Waals surface area (Å²) in [7, 11) is 0. The van der Waals surface area contributed by atoms with Crippen LogP contribution in [0.15, 0.2) is 24.0 Å². The Morgan fingerprint density at radius 3 is 2.48 bits per heavy atom. The maximum absolute atomic E-state index is 13.3. The Morgan fingerprint density at radius 1 is 1.18 bits per heavy atom. The Kier molecular flexibility index (Phi) is 5.98. The molecule has 2 aliphatic carbocycles. The van der Waals surface area contributed by atoms with Crippen molar-refractivity contribution in [2.45, 2.75) is 53.1 Å². The van der Waals surface area contributed by atoms with Crippen LogP contribution in [-0.2, 0) is 20.5 Å². The summed E-state index contributed by atoms with van der Waals surface area (Å²) >= 11 is 6.94. The van der Waals surface area contributed by atoms with E-state index in [0.29, 0.717) is 34.2 Å². The van der Waals surface area contributed by atoms with E-state index in [-0.39, 0.29) is 28.8 Å². The van der Waals surface area contributed by atoms with Crippen LogP contribution < -0.4 is 0 Å². The number of halogens is 4. The van der Waals surface area contributed by atoms with Gasteiger partial charge in [-0.2, -0.15) is 13.2 Å². The first-order valence-corrected chi connectivity index (χ1v) is 11.8. The van der Waals surface area contributed by atoms with E-state index >= 15 is 0 Å². The molecule has 0 amide bonds. The predicted molar refractivity (Wildman–Crippen MR) is 121 cm³/mol. The van der Waals surface area contributed by atoms with Crippen LogP contribution in [0.3, 0.4) is 0 Å². The lowest BCUT2D eigenvalue weighted by molar-refractivity contribution is -0.149. The topological polar surface area (TPSA) is 56.3 Å². The van der Waals surface area contributed by atoms with Gasteiger partial charge in [-0.05, 0) is 59.1 Å². The standard InChI is InChI=1S/C24H23ClF3NO3S/c1-11-18(29-21(33-11)14-7-8-16(25)15(10-14)24(26,27)28)17-19(30)12-5-6-13(9-12)20(17)32-22(31)23(2,3)4/h7-8,10,12-13H,5-6,9H2,1-4H3/t12-,13+/m1/s1. The van der Waals surface area contributed by atoms with Crippen LogP contribution in [0.2, 0.25) is 5.02 Å². The summed E-state index contributed by atoms with van der Waals surface area (Å²) in [5, 5.41) is -0.0535. The molecule has 0 radical (unpaired) electrons. The van der Waals surface area contributed by atoms with Gasteiger partial charge in [0.1, 0.15) is 10.8 Å². The first-order valence-electron chi connectivity index (χ1n) is 10.6. The molecule has 1 aromatic heterocycles. The molecule has 1 saturated carbocycles. The van der Waals surface area contributed by atoms with Crippen LogP contribution in [0.1, 0.15) is 56.2 Å². The zero-order valence-corrected chi connectivity index (χ0v) is 20.2. The first kappa shape index (κ1) is 24.0. The van der Waals surface area contributed by atoms with Crippen molar-refractivity contribution in [1.82, 2.24) is 4.98 Å². The molecule has 2 aromatic rings. The average Bonchev–Trinajstić information content (AvgIpc) is 3.30. The van der Waals surface area contributed by atoms with E-state index in [9.17, 15) is 22.8 Å². The Labute approximate surface area is 198 Å². The maximum atomic E-state index is 13.3. The number of thiazole rings is 1. The Balaban J connectivity index is 1.82. The predicted octanol–water partition coefficient (Wildman–Crippen LogP) is 7.09. The number of ether oxygens (including phenoxy) is 1. The van der Waals surface area contributed by atoms with Crippen LogP contribution in [0.4, 0.5) is 13.2 Å². The van der Waals surface area contributed by atoms with Gasteiger partial charge in [-0.1, -0.05) is 17.7 Å². The molecule has 1 aromatic carbocycles. The van der Waals surface area contributed by atoms with Crippen molar-refractivity contribution in [2.24, 2.45) is 17.3 Å². The molecule has 1 heterocycles. The number of carbonyl (C=O) groups excluding carboxylic acids is 2. The number of aromatic nitrogens is 1. The third-order valence-electron chi connectivity index (χ3n) is 6.03. The highest BCUT2D eigenvalue weighted by Gasteiger charge is 2.45. The van der Waals surface area contributed by atoms with Gasteiger partial charge in [0.25, 0.3) is 0 Å². The number of alkyl halides is 3. The summed E-state index contributed by atoms with van der Waals surface area (Å²) in [6, 6.07) is 3.63. The van der Waals surface area contributed by atoms with Crippen molar-refractivity contribution in [1.29, 1.82) is 0 Å². The number of allylic oxidation sites excluding steroid dienone is 2. The molecule has 0 aliphatic heterocycles. The highest BCUT2D eigenvalue weighted by atomic mass is 35.5. The molecule has 0 N–H and O–H groups in total. The second kappa shape index (κ2) is 8.24. The van der Waals surface area contributed by atoms with E-state index in [1.54, 1.807) is 27.7 Å². The lowest BCUT2D eigenvalue weighted by atomic mass is 9.84. The van der Waals surface area contributed by atoms with Crippen molar-refractivity contribution in [3.05, 3.63) is 45.1 Å². The molecule has 2 atom stereocenters. The number of carbonyl (C=O) groups is 2. The molecular weight excluding hydrogens is 475 g/mol. The van der Waals surface area contributed by atoms with Gasteiger partial charge in [0.15, 0.2) is 5.78 Å². The average molecular weight is 498 g/mol. The lowest BCUT2D eigenvalue weighted by Crippen LogP contribution is -2.28. The van der Waals surface area contributed by atoms with Crippen molar-refractivity contribution in [3.8, 4) is 10.6 Å². The summed E-state index contributed by atoms with van der Waals surface area (Å²) in [6.07, 6.45) is -2.50. The highest BCUT2D eigenvalue weighted by Crippen LogP contribution is 2.48. The van der Waals surface area contributed by atoms with Gasteiger partial charge in [-0.25, -0.2) is 4.98 Å². The van der Waals surface area contributed by atoms with Crippen LogP contribution in [0.5, 0.6) is 0 Å². The largest absolute Gasteiger partial charge is 0.430 e. The molecule has 33 heavy (non-hydrogen) atoms. The van der Waals surface area contributed by atoms with Crippen LogP contribution >= 0.6 is 22.9 Å². The highest BCUT2D eigenvalue weighted by molar-refractivity contribution is 7.15. The van der Waals surface area contributed by atoms with E-state index < -0.39 is 28.1 Å². The van der Waals surface area contributed by atoms with E-state index in [1.165, 1.54) is 23.5 Å². The zero-order chi connectivity index (χ0) is 24.3. The zero-order valence-electron chi connectivity index (χ0n) is 18.6. The smallest absolute Gasteiger partial charge is 0.417 e. The maximum Gasteiger partial charge on any atom is 0.417 e. The number of benzene rings is 1. The number of nitrogens with zero attached hydrogens (tertiary/aromatic N) is 1. The molecule has 4 rings (SSSR count). The van der Waals surface area contributed by atoms with Crippen LogP contribution in [0, 0.1) is 24.2 Å². The summed E-state index contributed by atoms with van der Waals surface area (Å²) < 4.78 is 45.8. The molecule has 9 heteroatoms. The van der Waals surface area contributed by atoms with Gasteiger partial charge in [-0.3, -0.25) is 9.59 Å². The molecule has 176 valence electrons. The first-order chi connectivity index (χ1) is 15.3. The van der Waals surface area contributed by atoms with Gasteiger partial charge in [0.2, 0.25) is 0 Å². The molecule has 0 unspecified atom stereocenters. The van der Waals surface area contributed by atoms with Gasteiger partial charge < -0.3 is 4.74 Å². The quantitative estimate of drug-likeness (QED) is 0.425. The van der Waals surface area contributed by atoms with Gasteiger partial charge in [0, 0.05) is 22.3 Å². The number of esters is 1. The number of ketones is 1. The minimum atomic E-state index is -4.60. The van der Waals surface area contributed by atoms with E-state index in [4.69, 9.17) is 16.3 Å². The number of aryl methyl sites for hydroxylation is 1. The number of hydrogen-bond acceptors (Lipinski definition) is 5. The van der Waals surface area contributed by atoms with Crippen LogP contribution in [0.25, 0.3) is 16.1 Å². The van der Waals surface area contributed by atoms with Crippen molar-refractivity contribution in [2.75, 3.05) is 0 Å². The summed E-state index contributed by atoms with van der Waals surface area (Å²) in [5.41, 5.74) is -0.780. The fourth-order valence-corrected chi connectivity index (χ4v) is 5.38. The Morgan fingerprint density at radius 2 is 1.85 bits per heavy atom. The fourth-order valence-electron chi connectivity index (χ4n) is 4.24. The van der Waals surface area contributed by atoms with Gasteiger partial charge >= 0.3 is 12.1 Å². The second-order valence-electron chi connectivity index (χ2n) is 9.57. The number of Topliss-reactive ketones (excluding diaryl/α,β-unsaturated/α-hetero) is 1. The SMILES string of the molecule is Cc1sc(-c2ccc(Cl)c(C(F)(F)F)c2)nc1C1=C(OC(=O)C(C)(C)C)[C@H]2CC[C@H](C2)C1=O. The number of fused-ring (bicyclic) bond motifs is 2. The van der Waals surface area contributed by atoms with E-state index in [2.05, 4.69) is 4.98 Å². The van der Waals surface area contributed by atoms with Gasteiger partial charge in [0.05, 0.1) is 27.3 Å². The summed E-state index contributed by atoms with van der Waals surface area (Å²) in [4.78, 5) is 31.2.